The molecule has 5 heteroatoms. The molecular weight excluding hydrogens is 294 g/mol. The van der Waals surface area contributed by atoms with Gasteiger partial charge in [-0.05, 0) is 34.8 Å². The van der Waals surface area contributed by atoms with Crippen LogP contribution in [0.25, 0.3) is 0 Å². The van der Waals surface area contributed by atoms with Gasteiger partial charge in [-0.15, -0.1) is 0 Å². The highest BCUT2D eigenvalue weighted by atomic mass is 79.9. The molecule has 1 aliphatic carbocycles. The molecule has 1 aliphatic rings. The lowest BCUT2D eigenvalue weighted by Crippen LogP contribution is -2.39. The number of nitrogens with two attached hydrogens (primary N) is 1. The maximum Gasteiger partial charge on any atom is 0.143 e. The summed E-state index contributed by atoms with van der Waals surface area (Å²) in [5.74, 6) is 0.894. The molecular formula is C13H20BrN3O. The van der Waals surface area contributed by atoms with Crippen LogP contribution < -0.4 is 10.6 Å². The minimum atomic E-state index is 0.148. The number of hydrogen-bond acceptors (Lipinski definition) is 4. The maximum absolute atomic E-state index is 9.26. The molecule has 1 aromatic rings. The molecule has 1 heterocycles. The summed E-state index contributed by atoms with van der Waals surface area (Å²) in [4.78, 5) is 6.63. The summed E-state index contributed by atoms with van der Waals surface area (Å²) in [6, 6.07) is 2.36. The average molecular weight is 314 g/mol. The van der Waals surface area contributed by atoms with Crippen molar-refractivity contribution < 1.29 is 5.11 Å². The number of aliphatic hydroxyl groups excluding tert-OH is 1. The Morgan fingerprint density at radius 2 is 2.11 bits per heavy atom. The summed E-state index contributed by atoms with van der Waals surface area (Å²) >= 11 is 3.52. The Morgan fingerprint density at radius 3 is 2.72 bits per heavy atom. The van der Waals surface area contributed by atoms with Gasteiger partial charge in [-0.1, -0.05) is 19.3 Å². The van der Waals surface area contributed by atoms with Crippen molar-refractivity contribution in [2.45, 2.75) is 38.1 Å². The van der Waals surface area contributed by atoms with Crippen molar-refractivity contribution >= 4 is 27.4 Å². The molecule has 1 aromatic heterocycles. The van der Waals surface area contributed by atoms with Crippen molar-refractivity contribution in [1.82, 2.24) is 4.98 Å². The number of pyridine rings is 1. The average Bonchev–Trinajstić information content (AvgIpc) is 2.38. The summed E-state index contributed by atoms with van der Waals surface area (Å²) in [5.41, 5.74) is 6.37. The fraction of sp³-hybridized carbons (Fsp3) is 0.615. The van der Waals surface area contributed by atoms with Gasteiger partial charge in [0.15, 0.2) is 0 Å². The monoisotopic (exact) mass is 313 g/mol. The van der Waals surface area contributed by atoms with Crippen LogP contribution in [0, 0.1) is 0 Å². The maximum atomic E-state index is 9.26. The van der Waals surface area contributed by atoms with Crippen molar-refractivity contribution in [3.05, 3.63) is 16.7 Å². The topological polar surface area (TPSA) is 62.4 Å². The van der Waals surface area contributed by atoms with Crippen LogP contribution >= 0.6 is 15.9 Å². The van der Waals surface area contributed by atoms with Crippen LogP contribution in [-0.2, 0) is 0 Å². The van der Waals surface area contributed by atoms with Gasteiger partial charge in [0.1, 0.15) is 5.82 Å². The zero-order valence-corrected chi connectivity index (χ0v) is 12.1. The second-order valence-corrected chi connectivity index (χ2v) is 5.64. The van der Waals surface area contributed by atoms with Crippen molar-refractivity contribution in [2.75, 3.05) is 23.8 Å². The molecule has 0 aromatic carbocycles. The van der Waals surface area contributed by atoms with Gasteiger partial charge in [-0.2, -0.15) is 0 Å². The van der Waals surface area contributed by atoms with Crippen LogP contribution in [0.15, 0.2) is 16.7 Å². The van der Waals surface area contributed by atoms with Crippen LogP contribution in [0.2, 0.25) is 0 Å². The summed E-state index contributed by atoms with van der Waals surface area (Å²) in [5, 5.41) is 9.26. The number of anilines is 2. The molecule has 0 atom stereocenters. The molecule has 0 bridgehead atoms. The molecule has 0 saturated heterocycles. The molecule has 0 amide bonds. The molecule has 0 unspecified atom stereocenters. The number of nitrogen functional groups attached to an aromatic ring is 1. The van der Waals surface area contributed by atoms with E-state index in [1.165, 1.54) is 32.1 Å². The highest BCUT2D eigenvalue weighted by Crippen LogP contribution is 2.31. The predicted octanol–water partition coefficient (Wildman–Crippen LogP) is 2.56. The lowest BCUT2D eigenvalue weighted by atomic mass is 9.94. The van der Waals surface area contributed by atoms with Crippen molar-refractivity contribution in [2.24, 2.45) is 0 Å². The first-order valence-corrected chi connectivity index (χ1v) is 7.30. The predicted molar refractivity (Wildman–Crippen MR) is 77.7 cm³/mol. The van der Waals surface area contributed by atoms with Crippen LogP contribution in [-0.4, -0.2) is 29.3 Å². The molecule has 18 heavy (non-hydrogen) atoms. The summed E-state index contributed by atoms with van der Waals surface area (Å²) in [6.07, 6.45) is 7.88. The van der Waals surface area contributed by atoms with E-state index in [2.05, 4.69) is 25.8 Å². The molecule has 100 valence electrons. The Bertz CT molecular complexity index is 394. The Hall–Kier alpha value is -0.810. The second kappa shape index (κ2) is 6.38. The van der Waals surface area contributed by atoms with E-state index in [9.17, 15) is 5.11 Å². The van der Waals surface area contributed by atoms with Gasteiger partial charge < -0.3 is 15.7 Å². The van der Waals surface area contributed by atoms with Crippen LogP contribution in [0.3, 0.4) is 0 Å². The first-order chi connectivity index (χ1) is 8.72. The van der Waals surface area contributed by atoms with E-state index in [4.69, 9.17) is 5.73 Å². The number of aliphatic hydroxyl groups is 1. The smallest absolute Gasteiger partial charge is 0.143 e. The van der Waals surface area contributed by atoms with E-state index in [0.29, 0.717) is 18.3 Å². The molecule has 0 aliphatic heterocycles. The van der Waals surface area contributed by atoms with Gasteiger partial charge in [-0.3, -0.25) is 0 Å². The number of halogens is 1. The molecule has 0 radical (unpaired) electrons. The Balaban J connectivity index is 2.22. The number of hydrogen-bond donors (Lipinski definition) is 2. The first kappa shape index (κ1) is 13.6. The highest BCUT2D eigenvalue weighted by Gasteiger charge is 2.23. The quantitative estimate of drug-likeness (QED) is 0.896. The van der Waals surface area contributed by atoms with Gasteiger partial charge in [0, 0.05) is 12.6 Å². The van der Waals surface area contributed by atoms with Crippen LogP contribution in [0.4, 0.5) is 11.5 Å². The van der Waals surface area contributed by atoms with Crippen molar-refractivity contribution in [1.29, 1.82) is 0 Å². The molecule has 1 saturated carbocycles. The standard InChI is InChI=1S/C13H20BrN3O/c14-12-8-10(15)9-16-13(12)17(6-7-18)11-4-2-1-3-5-11/h8-9,11,18H,1-7,15H2. The lowest BCUT2D eigenvalue weighted by molar-refractivity contribution is 0.289. The third kappa shape index (κ3) is 3.14. The largest absolute Gasteiger partial charge is 0.397 e. The Labute approximate surface area is 116 Å². The minimum absolute atomic E-state index is 0.148. The fourth-order valence-corrected chi connectivity index (χ4v) is 3.21. The van der Waals surface area contributed by atoms with Crippen molar-refractivity contribution in [3.8, 4) is 0 Å². The Kier molecular flexibility index (Phi) is 4.83. The van der Waals surface area contributed by atoms with Gasteiger partial charge >= 0.3 is 0 Å². The minimum Gasteiger partial charge on any atom is -0.397 e. The normalized spacial score (nSPS) is 16.8. The van der Waals surface area contributed by atoms with E-state index in [1.54, 1.807) is 6.20 Å². The third-order valence-electron chi connectivity index (χ3n) is 3.47. The summed E-state index contributed by atoms with van der Waals surface area (Å²) < 4.78 is 0.904. The molecule has 2 rings (SSSR count). The lowest BCUT2D eigenvalue weighted by Gasteiger charge is -2.35. The van der Waals surface area contributed by atoms with Crippen LogP contribution in [0.1, 0.15) is 32.1 Å². The van der Waals surface area contributed by atoms with E-state index in [-0.39, 0.29) is 6.61 Å². The Morgan fingerprint density at radius 1 is 1.39 bits per heavy atom. The SMILES string of the molecule is Nc1cnc(N(CCO)C2CCCCC2)c(Br)c1. The molecule has 3 N–H and O–H groups in total. The number of nitrogens with zero attached hydrogens (tertiary/aromatic N) is 2. The van der Waals surface area contributed by atoms with Gasteiger partial charge in [-0.25, -0.2) is 4.98 Å². The third-order valence-corrected chi connectivity index (χ3v) is 4.05. The van der Waals surface area contributed by atoms with E-state index < -0.39 is 0 Å². The summed E-state index contributed by atoms with van der Waals surface area (Å²) in [7, 11) is 0. The zero-order valence-electron chi connectivity index (χ0n) is 10.5. The fourth-order valence-electron chi connectivity index (χ4n) is 2.62. The molecule has 1 fully saturated rings. The first-order valence-electron chi connectivity index (χ1n) is 6.51. The van der Waals surface area contributed by atoms with Crippen molar-refractivity contribution in [3.63, 3.8) is 0 Å². The summed E-state index contributed by atoms with van der Waals surface area (Å²) in [6.45, 7) is 0.773. The molecule has 4 nitrogen and oxygen atoms in total. The van der Waals surface area contributed by atoms with Gasteiger partial charge in [0.25, 0.3) is 0 Å². The second-order valence-electron chi connectivity index (χ2n) is 4.78. The number of rotatable bonds is 4. The van der Waals surface area contributed by atoms with E-state index >= 15 is 0 Å². The highest BCUT2D eigenvalue weighted by molar-refractivity contribution is 9.10. The van der Waals surface area contributed by atoms with E-state index in [0.717, 1.165) is 10.3 Å². The van der Waals surface area contributed by atoms with E-state index in [1.807, 2.05) is 6.07 Å². The molecule has 0 spiro atoms. The zero-order chi connectivity index (χ0) is 13.0. The number of aromatic nitrogens is 1. The van der Waals surface area contributed by atoms with Gasteiger partial charge in [0.2, 0.25) is 0 Å². The van der Waals surface area contributed by atoms with Gasteiger partial charge in [0.05, 0.1) is 23.0 Å². The van der Waals surface area contributed by atoms with Crippen LogP contribution in [0.5, 0.6) is 0 Å².